The second-order valence-corrected chi connectivity index (χ2v) is 9.88. The Labute approximate surface area is 203 Å². The summed E-state index contributed by atoms with van der Waals surface area (Å²) in [7, 11) is 0. The highest BCUT2D eigenvalue weighted by molar-refractivity contribution is 5.95. The normalized spacial score (nSPS) is 19.9. The van der Waals surface area contributed by atoms with E-state index < -0.39 is 0 Å². The molecule has 0 bridgehead atoms. The van der Waals surface area contributed by atoms with E-state index in [-0.39, 0.29) is 5.41 Å². The maximum atomic E-state index is 4.32. The molecule has 0 spiro atoms. The van der Waals surface area contributed by atoms with Crippen molar-refractivity contribution in [2.75, 3.05) is 0 Å². The lowest BCUT2D eigenvalue weighted by Gasteiger charge is -2.34. The molecule has 0 saturated heterocycles. The molecule has 0 heterocycles. The van der Waals surface area contributed by atoms with E-state index in [9.17, 15) is 0 Å². The second kappa shape index (κ2) is 7.99. The second-order valence-electron chi connectivity index (χ2n) is 9.88. The van der Waals surface area contributed by atoms with Crippen LogP contribution >= 0.6 is 0 Å². The van der Waals surface area contributed by atoms with Crippen LogP contribution in [0.2, 0.25) is 0 Å². The summed E-state index contributed by atoms with van der Waals surface area (Å²) in [6.07, 6.45) is 14.7. The van der Waals surface area contributed by atoms with E-state index in [1.807, 2.05) is 0 Å². The SMILES string of the molecule is C=C/C(=C\C=C(C)C)C1(c2ccccc2)c2ccccc2-c2c1ccc1c2CC2=C1C=CCC2. The number of hydrogen-bond donors (Lipinski definition) is 0. The van der Waals surface area contributed by atoms with Gasteiger partial charge < -0.3 is 0 Å². The highest BCUT2D eigenvalue weighted by atomic mass is 14.5. The molecular formula is C34H30. The number of allylic oxidation sites excluding steroid dienone is 9. The molecule has 0 N–H and O–H groups in total. The summed E-state index contributed by atoms with van der Waals surface area (Å²) in [4.78, 5) is 0. The largest absolute Gasteiger partial charge is 0.0987 e. The van der Waals surface area contributed by atoms with Crippen molar-refractivity contribution in [2.24, 2.45) is 0 Å². The Hall–Kier alpha value is -3.64. The molecule has 3 aromatic carbocycles. The van der Waals surface area contributed by atoms with Crippen LogP contribution in [0.3, 0.4) is 0 Å². The summed E-state index contributed by atoms with van der Waals surface area (Å²) in [5.74, 6) is 0. The van der Waals surface area contributed by atoms with Crippen LogP contribution in [0.5, 0.6) is 0 Å². The molecule has 1 atom stereocenters. The molecule has 6 rings (SSSR count). The van der Waals surface area contributed by atoms with Crippen LogP contribution in [0, 0.1) is 0 Å². The first-order valence-electron chi connectivity index (χ1n) is 12.3. The Morgan fingerprint density at radius 2 is 1.65 bits per heavy atom. The van der Waals surface area contributed by atoms with Crippen molar-refractivity contribution in [3.8, 4) is 11.1 Å². The monoisotopic (exact) mass is 438 g/mol. The van der Waals surface area contributed by atoms with Crippen molar-refractivity contribution in [2.45, 2.75) is 38.5 Å². The Morgan fingerprint density at radius 1 is 0.853 bits per heavy atom. The molecule has 166 valence electrons. The maximum absolute atomic E-state index is 4.32. The lowest BCUT2D eigenvalue weighted by atomic mass is 9.67. The summed E-state index contributed by atoms with van der Waals surface area (Å²) in [6.45, 7) is 8.62. The lowest BCUT2D eigenvalue weighted by Crippen LogP contribution is -2.29. The molecule has 3 aromatic rings. The third-order valence-electron chi connectivity index (χ3n) is 7.73. The molecule has 3 aliphatic carbocycles. The Bertz CT molecular complexity index is 1430. The molecule has 0 aromatic heterocycles. The topological polar surface area (TPSA) is 0 Å². The molecule has 1 unspecified atom stereocenters. The first kappa shape index (κ1) is 20.9. The van der Waals surface area contributed by atoms with Crippen LogP contribution in [0.4, 0.5) is 0 Å². The van der Waals surface area contributed by atoms with E-state index in [0.717, 1.165) is 12.8 Å². The van der Waals surface area contributed by atoms with Crippen LogP contribution in [-0.2, 0) is 11.8 Å². The first-order chi connectivity index (χ1) is 16.7. The molecular weight excluding hydrogens is 408 g/mol. The summed E-state index contributed by atoms with van der Waals surface area (Å²) in [5, 5.41) is 0. The van der Waals surface area contributed by atoms with Gasteiger partial charge in [0.25, 0.3) is 0 Å². The van der Waals surface area contributed by atoms with Crippen LogP contribution in [-0.4, -0.2) is 0 Å². The van der Waals surface area contributed by atoms with Crippen LogP contribution in [0.15, 0.2) is 120 Å². The zero-order valence-corrected chi connectivity index (χ0v) is 20.1. The van der Waals surface area contributed by atoms with Gasteiger partial charge in [-0.05, 0) is 83.2 Å². The van der Waals surface area contributed by atoms with Gasteiger partial charge >= 0.3 is 0 Å². The minimum absolute atomic E-state index is 0.380. The summed E-state index contributed by atoms with van der Waals surface area (Å²) in [5.41, 5.74) is 15.0. The van der Waals surface area contributed by atoms with E-state index >= 15 is 0 Å². The van der Waals surface area contributed by atoms with Crippen molar-refractivity contribution >= 4 is 5.57 Å². The molecule has 0 nitrogen and oxygen atoms in total. The van der Waals surface area contributed by atoms with E-state index in [2.05, 4.69) is 118 Å². The zero-order chi connectivity index (χ0) is 23.3. The third kappa shape index (κ3) is 2.85. The maximum Gasteiger partial charge on any atom is 0.0713 e. The zero-order valence-electron chi connectivity index (χ0n) is 20.1. The summed E-state index contributed by atoms with van der Waals surface area (Å²) < 4.78 is 0. The van der Waals surface area contributed by atoms with Gasteiger partial charge in [-0.25, -0.2) is 0 Å². The predicted molar refractivity (Wildman–Crippen MR) is 145 cm³/mol. The minimum Gasteiger partial charge on any atom is -0.0987 e. The van der Waals surface area contributed by atoms with E-state index in [1.165, 1.54) is 62.1 Å². The van der Waals surface area contributed by atoms with Crippen molar-refractivity contribution in [3.63, 3.8) is 0 Å². The fourth-order valence-electron chi connectivity index (χ4n) is 6.35. The van der Waals surface area contributed by atoms with Gasteiger partial charge in [0.1, 0.15) is 0 Å². The fourth-order valence-corrected chi connectivity index (χ4v) is 6.35. The van der Waals surface area contributed by atoms with Gasteiger partial charge in [0.15, 0.2) is 0 Å². The van der Waals surface area contributed by atoms with Gasteiger partial charge in [-0.1, -0.05) is 115 Å². The molecule has 0 amide bonds. The Morgan fingerprint density at radius 3 is 2.44 bits per heavy atom. The van der Waals surface area contributed by atoms with E-state index in [1.54, 1.807) is 5.57 Å². The van der Waals surface area contributed by atoms with Crippen LogP contribution in [0.25, 0.3) is 16.7 Å². The fraction of sp³-hybridized carbons (Fsp3) is 0.176. The van der Waals surface area contributed by atoms with Crippen molar-refractivity contribution in [3.05, 3.63) is 148 Å². The molecule has 0 fully saturated rings. The molecule has 34 heavy (non-hydrogen) atoms. The quantitative estimate of drug-likeness (QED) is 0.357. The van der Waals surface area contributed by atoms with E-state index in [0.29, 0.717) is 0 Å². The molecule has 3 aliphatic rings. The van der Waals surface area contributed by atoms with Crippen molar-refractivity contribution < 1.29 is 0 Å². The average molecular weight is 439 g/mol. The summed E-state index contributed by atoms with van der Waals surface area (Å²) in [6, 6.07) is 24.8. The van der Waals surface area contributed by atoms with Gasteiger partial charge in [0, 0.05) is 0 Å². The van der Waals surface area contributed by atoms with Gasteiger partial charge in [-0.3, -0.25) is 0 Å². The highest BCUT2D eigenvalue weighted by Crippen LogP contribution is 2.59. The van der Waals surface area contributed by atoms with E-state index in [4.69, 9.17) is 0 Å². The van der Waals surface area contributed by atoms with Crippen LogP contribution < -0.4 is 0 Å². The molecule has 0 heteroatoms. The smallest absolute Gasteiger partial charge is 0.0713 e. The highest BCUT2D eigenvalue weighted by Gasteiger charge is 2.48. The number of fused-ring (bicyclic) bond motifs is 6. The van der Waals surface area contributed by atoms with Crippen molar-refractivity contribution in [1.29, 1.82) is 0 Å². The Balaban J connectivity index is 1.72. The van der Waals surface area contributed by atoms with Gasteiger partial charge in [-0.2, -0.15) is 0 Å². The molecule has 0 aliphatic heterocycles. The standard InChI is InChI=1S/C34H30/c1-4-25(19-18-23(2)3)34(26-13-6-5-7-14-26)31-17-11-10-16-29(31)33-30-22-24-12-8-9-15-27(24)28(30)20-21-32(33)34/h4-7,9-11,13-21H,1,8,12,22H2,2-3H3/b25-19+. The van der Waals surface area contributed by atoms with Gasteiger partial charge in [-0.15, -0.1) is 0 Å². The lowest BCUT2D eigenvalue weighted by molar-refractivity contribution is 0.766. The number of rotatable bonds is 4. The summed E-state index contributed by atoms with van der Waals surface area (Å²) >= 11 is 0. The van der Waals surface area contributed by atoms with Crippen LogP contribution in [0.1, 0.15) is 54.5 Å². The molecule has 0 radical (unpaired) electrons. The number of hydrogen-bond acceptors (Lipinski definition) is 0. The number of benzene rings is 3. The average Bonchev–Trinajstić information content (AvgIpc) is 3.39. The Kier molecular flexibility index (Phi) is 4.92. The van der Waals surface area contributed by atoms with Crippen molar-refractivity contribution in [1.82, 2.24) is 0 Å². The first-order valence-corrected chi connectivity index (χ1v) is 12.3. The third-order valence-corrected chi connectivity index (χ3v) is 7.73. The van der Waals surface area contributed by atoms with Gasteiger partial charge in [0.2, 0.25) is 0 Å². The predicted octanol–water partition coefficient (Wildman–Crippen LogP) is 8.74. The minimum atomic E-state index is -0.380. The van der Waals surface area contributed by atoms with Gasteiger partial charge in [0.05, 0.1) is 5.41 Å². The molecule has 0 saturated carbocycles.